The molecule has 0 N–H and O–H groups in total. The maximum absolute atomic E-state index is 12.7. The molecular formula is C17H24O2. The van der Waals surface area contributed by atoms with Gasteiger partial charge in [-0.2, -0.15) is 0 Å². The van der Waals surface area contributed by atoms with E-state index in [4.69, 9.17) is 4.74 Å². The highest BCUT2D eigenvalue weighted by molar-refractivity contribution is 6.00. The average Bonchev–Trinajstić information content (AvgIpc) is 2.95. The van der Waals surface area contributed by atoms with E-state index in [9.17, 15) is 4.79 Å². The van der Waals surface area contributed by atoms with E-state index in [1.54, 1.807) is 0 Å². The van der Waals surface area contributed by atoms with E-state index < -0.39 is 0 Å². The number of ether oxygens (including phenoxy) is 1. The van der Waals surface area contributed by atoms with E-state index in [2.05, 4.69) is 13.8 Å². The maximum atomic E-state index is 12.7. The summed E-state index contributed by atoms with van der Waals surface area (Å²) >= 11 is 0. The van der Waals surface area contributed by atoms with Crippen molar-refractivity contribution >= 4 is 5.78 Å². The second-order valence-electron chi connectivity index (χ2n) is 5.54. The largest absolute Gasteiger partial charge is 0.494 e. The van der Waals surface area contributed by atoms with Crippen molar-refractivity contribution in [2.24, 2.45) is 5.41 Å². The van der Waals surface area contributed by atoms with Crippen LogP contribution in [-0.2, 0) is 0 Å². The van der Waals surface area contributed by atoms with E-state index >= 15 is 0 Å². The standard InChI is InChI=1S/C17H24O2/c1-3-13-19-15-9-7-14(8-10-15)16(18)17(4-2)11-5-6-12-17/h7-10H,3-6,11-13H2,1-2H3. The minimum atomic E-state index is -0.0915. The Balaban J connectivity index is 2.10. The summed E-state index contributed by atoms with van der Waals surface area (Å²) in [6.07, 6.45) is 6.45. The van der Waals surface area contributed by atoms with Crippen LogP contribution in [0, 0.1) is 5.41 Å². The van der Waals surface area contributed by atoms with Gasteiger partial charge in [0, 0.05) is 11.0 Å². The molecule has 2 heteroatoms. The molecule has 0 saturated heterocycles. The number of carbonyl (C=O) groups excluding carboxylic acids is 1. The smallest absolute Gasteiger partial charge is 0.168 e. The van der Waals surface area contributed by atoms with Gasteiger partial charge in [0.15, 0.2) is 5.78 Å². The van der Waals surface area contributed by atoms with Gasteiger partial charge in [-0.3, -0.25) is 4.79 Å². The van der Waals surface area contributed by atoms with E-state index in [1.165, 1.54) is 12.8 Å². The van der Waals surface area contributed by atoms with Gasteiger partial charge in [0.05, 0.1) is 6.61 Å². The van der Waals surface area contributed by atoms with E-state index in [0.717, 1.165) is 43.6 Å². The van der Waals surface area contributed by atoms with Crippen LogP contribution in [0.2, 0.25) is 0 Å². The summed E-state index contributed by atoms with van der Waals surface area (Å²) in [5, 5.41) is 0. The van der Waals surface area contributed by atoms with Gasteiger partial charge in [0.25, 0.3) is 0 Å². The SMILES string of the molecule is CCCOc1ccc(C(=O)C2(CC)CCCC2)cc1. The third-order valence-corrected chi connectivity index (χ3v) is 4.31. The molecule has 0 heterocycles. The first-order chi connectivity index (χ1) is 9.22. The van der Waals surface area contributed by atoms with Crippen molar-refractivity contribution in [3.8, 4) is 5.75 Å². The third-order valence-electron chi connectivity index (χ3n) is 4.31. The number of hydrogen-bond donors (Lipinski definition) is 0. The van der Waals surface area contributed by atoms with Crippen LogP contribution >= 0.6 is 0 Å². The molecule has 1 aromatic rings. The van der Waals surface area contributed by atoms with E-state index in [-0.39, 0.29) is 5.41 Å². The van der Waals surface area contributed by atoms with Gasteiger partial charge >= 0.3 is 0 Å². The molecule has 0 radical (unpaired) electrons. The minimum absolute atomic E-state index is 0.0915. The minimum Gasteiger partial charge on any atom is -0.494 e. The lowest BCUT2D eigenvalue weighted by atomic mass is 9.76. The van der Waals surface area contributed by atoms with Gasteiger partial charge < -0.3 is 4.74 Å². The first-order valence-electron chi connectivity index (χ1n) is 7.49. The lowest BCUT2D eigenvalue weighted by Crippen LogP contribution is -2.27. The van der Waals surface area contributed by atoms with Crippen molar-refractivity contribution in [3.63, 3.8) is 0 Å². The highest BCUT2D eigenvalue weighted by atomic mass is 16.5. The Labute approximate surface area is 116 Å². The number of Topliss-reactive ketones (excluding diaryl/α,β-unsaturated/α-hetero) is 1. The molecule has 0 spiro atoms. The summed E-state index contributed by atoms with van der Waals surface area (Å²) in [5.74, 6) is 1.19. The Kier molecular flexibility index (Phi) is 4.62. The third kappa shape index (κ3) is 2.99. The van der Waals surface area contributed by atoms with Crippen molar-refractivity contribution in [1.82, 2.24) is 0 Å². The molecule has 2 nitrogen and oxygen atoms in total. The first-order valence-corrected chi connectivity index (χ1v) is 7.49. The van der Waals surface area contributed by atoms with E-state index in [1.807, 2.05) is 24.3 Å². The quantitative estimate of drug-likeness (QED) is 0.697. The first kappa shape index (κ1) is 14.1. The Bertz CT molecular complexity index is 413. The van der Waals surface area contributed by atoms with Crippen LogP contribution < -0.4 is 4.74 Å². The monoisotopic (exact) mass is 260 g/mol. The molecule has 1 aliphatic rings. The molecule has 0 unspecified atom stereocenters. The van der Waals surface area contributed by atoms with E-state index in [0.29, 0.717) is 5.78 Å². The lowest BCUT2D eigenvalue weighted by molar-refractivity contribution is 0.0791. The number of benzene rings is 1. The highest BCUT2D eigenvalue weighted by Gasteiger charge is 2.39. The van der Waals surface area contributed by atoms with Gasteiger partial charge in [0.2, 0.25) is 0 Å². The number of carbonyl (C=O) groups is 1. The molecule has 0 bridgehead atoms. The van der Waals surface area contributed by atoms with Crippen LogP contribution in [0.1, 0.15) is 62.7 Å². The van der Waals surface area contributed by atoms with Crippen molar-refractivity contribution < 1.29 is 9.53 Å². The van der Waals surface area contributed by atoms with Crippen LogP contribution in [0.25, 0.3) is 0 Å². The Hall–Kier alpha value is -1.31. The fourth-order valence-electron chi connectivity index (χ4n) is 3.02. The van der Waals surface area contributed by atoms with Crippen molar-refractivity contribution in [2.45, 2.75) is 52.4 Å². The lowest BCUT2D eigenvalue weighted by Gasteiger charge is -2.25. The average molecular weight is 260 g/mol. The van der Waals surface area contributed by atoms with Crippen LogP contribution in [-0.4, -0.2) is 12.4 Å². The van der Waals surface area contributed by atoms with Crippen LogP contribution in [0.4, 0.5) is 0 Å². The summed E-state index contributed by atoms with van der Waals surface area (Å²) in [6.45, 7) is 4.96. The molecule has 1 aromatic carbocycles. The predicted molar refractivity (Wildman–Crippen MR) is 77.8 cm³/mol. The molecule has 19 heavy (non-hydrogen) atoms. The molecule has 1 aliphatic carbocycles. The van der Waals surface area contributed by atoms with Gasteiger partial charge in [0.1, 0.15) is 5.75 Å². The molecule has 2 rings (SSSR count). The highest BCUT2D eigenvalue weighted by Crippen LogP contribution is 2.43. The zero-order valence-corrected chi connectivity index (χ0v) is 12.1. The van der Waals surface area contributed by atoms with Gasteiger partial charge in [-0.15, -0.1) is 0 Å². The normalized spacial score (nSPS) is 17.4. The second kappa shape index (κ2) is 6.23. The topological polar surface area (TPSA) is 26.3 Å². The molecule has 0 aromatic heterocycles. The Morgan fingerprint density at radius 3 is 2.32 bits per heavy atom. The van der Waals surface area contributed by atoms with Gasteiger partial charge in [-0.1, -0.05) is 26.7 Å². The zero-order chi connectivity index (χ0) is 13.7. The molecule has 1 fully saturated rings. The fourth-order valence-corrected chi connectivity index (χ4v) is 3.02. The predicted octanol–water partition coefficient (Wildman–Crippen LogP) is 4.63. The summed E-state index contributed by atoms with van der Waals surface area (Å²) in [6, 6.07) is 7.68. The molecular weight excluding hydrogens is 236 g/mol. The van der Waals surface area contributed by atoms with Crippen molar-refractivity contribution in [1.29, 1.82) is 0 Å². The Morgan fingerprint density at radius 2 is 1.79 bits per heavy atom. The van der Waals surface area contributed by atoms with Crippen molar-refractivity contribution in [3.05, 3.63) is 29.8 Å². The van der Waals surface area contributed by atoms with Gasteiger partial charge in [-0.05, 0) is 49.9 Å². The van der Waals surface area contributed by atoms with Crippen LogP contribution in [0.3, 0.4) is 0 Å². The van der Waals surface area contributed by atoms with Crippen LogP contribution in [0.15, 0.2) is 24.3 Å². The van der Waals surface area contributed by atoms with Gasteiger partial charge in [-0.25, -0.2) is 0 Å². The zero-order valence-electron chi connectivity index (χ0n) is 12.1. The molecule has 0 aliphatic heterocycles. The molecule has 0 atom stereocenters. The number of ketones is 1. The van der Waals surface area contributed by atoms with Crippen LogP contribution in [0.5, 0.6) is 5.75 Å². The summed E-state index contributed by atoms with van der Waals surface area (Å²) in [7, 11) is 0. The molecule has 0 amide bonds. The number of hydrogen-bond acceptors (Lipinski definition) is 2. The molecule has 1 saturated carbocycles. The fraction of sp³-hybridized carbons (Fsp3) is 0.588. The number of rotatable bonds is 6. The maximum Gasteiger partial charge on any atom is 0.168 e. The summed E-state index contributed by atoms with van der Waals surface area (Å²) in [5.41, 5.74) is 0.749. The summed E-state index contributed by atoms with van der Waals surface area (Å²) < 4.78 is 5.56. The summed E-state index contributed by atoms with van der Waals surface area (Å²) in [4.78, 5) is 12.7. The Morgan fingerprint density at radius 1 is 1.16 bits per heavy atom. The van der Waals surface area contributed by atoms with Crippen molar-refractivity contribution in [2.75, 3.05) is 6.61 Å². The second-order valence-corrected chi connectivity index (χ2v) is 5.54. The molecule has 104 valence electrons.